The van der Waals surface area contributed by atoms with Gasteiger partial charge in [0, 0.05) is 5.56 Å². The van der Waals surface area contributed by atoms with E-state index in [-0.39, 0.29) is 11.3 Å². The van der Waals surface area contributed by atoms with Gasteiger partial charge in [-0.2, -0.15) is 13.2 Å². The number of hydrogen-bond donors (Lipinski definition) is 2. The second-order valence-electron chi connectivity index (χ2n) is 3.58. The third-order valence-corrected chi connectivity index (χ3v) is 2.43. The van der Waals surface area contributed by atoms with Crippen LogP contribution in [0.1, 0.15) is 17.2 Å². The molecule has 0 fully saturated rings. The number of aliphatic hydroxyl groups excluding tert-OH is 1. The average molecular weight is 265 g/mol. The Kier molecular flexibility index (Phi) is 4.42. The van der Waals surface area contributed by atoms with Crippen molar-refractivity contribution in [2.75, 3.05) is 20.8 Å². The van der Waals surface area contributed by atoms with Crippen LogP contribution in [-0.4, -0.2) is 25.9 Å². The summed E-state index contributed by atoms with van der Waals surface area (Å²) < 4.78 is 48.1. The van der Waals surface area contributed by atoms with Crippen LogP contribution in [0.25, 0.3) is 0 Å². The predicted molar refractivity (Wildman–Crippen MR) is 58.6 cm³/mol. The first-order valence-electron chi connectivity index (χ1n) is 5.04. The number of halogens is 3. The Morgan fingerprint density at radius 3 is 2.28 bits per heavy atom. The molecule has 1 rings (SSSR count). The lowest BCUT2D eigenvalue weighted by atomic mass is 10.0. The van der Waals surface area contributed by atoms with Crippen molar-refractivity contribution in [3.05, 3.63) is 23.3 Å². The molecule has 102 valence electrons. The van der Waals surface area contributed by atoms with Gasteiger partial charge in [-0.25, -0.2) is 0 Å². The van der Waals surface area contributed by atoms with E-state index in [1.807, 2.05) is 0 Å². The smallest absolute Gasteiger partial charge is 0.420 e. The van der Waals surface area contributed by atoms with Crippen LogP contribution in [-0.2, 0) is 6.18 Å². The largest absolute Gasteiger partial charge is 0.497 e. The van der Waals surface area contributed by atoms with Crippen LogP contribution in [0.2, 0.25) is 0 Å². The zero-order chi connectivity index (χ0) is 13.9. The van der Waals surface area contributed by atoms with Gasteiger partial charge in [0.2, 0.25) is 0 Å². The quantitative estimate of drug-likeness (QED) is 0.870. The Morgan fingerprint density at radius 2 is 1.89 bits per heavy atom. The Bertz CT molecular complexity index is 421. The molecule has 0 saturated carbocycles. The summed E-state index contributed by atoms with van der Waals surface area (Å²) in [6.45, 7) is -0.499. The Hall–Kier alpha value is -1.47. The first-order chi connectivity index (χ1) is 8.35. The molecular weight excluding hydrogens is 251 g/mol. The summed E-state index contributed by atoms with van der Waals surface area (Å²) in [5, 5.41) is 8.96. The fraction of sp³-hybridized carbons (Fsp3) is 0.455. The second kappa shape index (κ2) is 5.45. The van der Waals surface area contributed by atoms with Crippen LogP contribution >= 0.6 is 0 Å². The lowest BCUT2D eigenvalue weighted by Gasteiger charge is -2.20. The van der Waals surface area contributed by atoms with Crippen molar-refractivity contribution in [2.45, 2.75) is 12.2 Å². The van der Waals surface area contributed by atoms with Crippen molar-refractivity contribution in [1.82, 2.24) is 0 Å². The summed E-state index contributed by atoms with van der Waals surface area (Å²) in [6, 6.07) is 1.16. The van der Waals surface area contributed by atoms with Gasteiger partial charge in [-0.1, -0.05) is 0 Å². The van der Waals surface area contributed by atoms with Crippen molar-refractivity contribution in [3.63, 3.8) is 0 Å². The number of hydrogen-bond acceptors (Lipinski definition) is 4. The fourth-order valence-electron chi connectivity index (χ4n) is 1.55. The van der Waals surface area contributed by atoms with E-state index in [0.29, 0.717) is 0 Å². The molecule has 0 amide bonds. The van der Waals surface area contributed by atoms with Crippen LogP contribution in [0, 0.1) is 0 Å². The molecule has 0 heterocycles. The summed E-state index contributed by atoms with van der Waals surface area (Å²) >= 11 is 0. The molecule has 0 saturated heterocycles. The minimum Gasteiger partial charge on any atom is -0.497 e. The maximum absolute atomic E-state index is 12.9. The number of benzene rings is 1. The molecular formula is C11H14F3NO3. The summed E-state index contributed by atoms with van der Waals surface area (Å²) in [6.07, 6.45) is -4.59. The standard InChI is InChI=1S/C11H14F3NO3/c1-17-6-3-7(9(15)5-16)10(18-2)8(4-6)11(12,13)14/h3-4,9,16H,5,15H2,1-2H3. The van der Waals surface area contributed by atoms with Crippen molar-refractivity contribution in [3.8, 4) is 11.5 Å². The van der Waals surface area contributed by atoms with Gasteiger partial charge in [-0.15, -0.1) is 0 Å². The molecule has 0 aliphatic rings. The molecule has 4 nitrogen and oxygen atoms in total. The highest BCUT2D eigenvalue weighted by Gasteiger charge is 2.36. The molecule has 0 aliphatic heterocycles. The molecule has 0 aromatic heterocycles. The van der Waals surface area contributed by atoms with Gasteiger partial charge in [0.1, 0.15) is 17.1 Å². The van der Waals surface area contributed by atoms with Crippen molar-refractivity contribution < 1.29 is 27.8 Å². The monoisotopic (exact) mass is 265 g/mol. The first-order valence-corrected chi connectivity index (χ1v) is 5.04. The fourth-order valence-corrected chi connectivity index (χ4v) is 1.55. The van der Waals surface area contributed by atoms with E-state index in [9.17, 15) is 13.2 Å². The van der Waals surface area contributed by atoms with E-state index in [0.717, 1.165) is 13.2 Å². The van der Waals surface area contributed by atoms with Crippen LogP contribution in [0.5, 0.6) is 11.5 Å². The molecule has 3 N–H and O–H groups in total. The van der Waals surface area contributed by atoms with Gasteiger partial charge in [0.15, 0.2) is 0 Å². The van der Waals surface area contributed by atoms with Gasteiger partial charge in [0.25, 0.3) is 0 Å². The zero-order valence-electron chi connectivity index (χ0n) is 9.91. The van der Waals surface area contributed by atoms with E-state index in [1.54, 1.807) is 0 Å². The molecule has 0 radical (unpaired) electrons. The average Bonchev–Trinajstić information content (AvgIpc) is 2.34. The summed E-state index contributed by atoms with van der Waals surface area (Å²) in [7, 11) is 2.36. The zero-order valence-corrected chi connectivity index (χ0v) is 9.91. The predicted octanol–water partition coefficient (Wildman–Crippen LogP) is 1.71. The van der Waals surface area contributed by atoms with Gasteiger partial charge >= 0.3 is 6.18 Å². The molecule has 1 aromatic rings. The Labute approximate surface area is 102 Å². The lowest BCUT2D eigenvalue weighted by Crippen LogP contribution is -2.18. The lowest BCUT2D eigenvalue weighted by molar-refractivity contribution is -0.138. The number of nitrogens with two attached hydrogens (primary N) is 1. The van der Waals surface area contributed by atoms with Crippen LogP contribution in [0.15, 0.2) is 12.1 Å². The Morgan fingerprint density at radius 1 is 1.28 bits per heavy atom. The third-order valence-electron chi connectivity index (χ3n) is 2.43. The van der Waals surface area contributed by atoms with E-state index < -0.39 is 30.1 Å². The Balaban J connectivity index is 3.50. The number of alkyl halides is 3. The number of aliphatic hydroxyl groups is 1. The second-order valence-corrected chi connectivity index (χ2v) is 3.58. The van der Waals surface area contributed by atoms with Crippen molar-refractivity contribution in [2.24, 2.45) is 5.73 Å². The highest BCUT2D eigenvalue weighted by atomic mass is 19.4. The van der Waals surface area contributed by atoms with Gasteiger partial charge in [-0.05, 0) is 12.1 Å². The number of rotatable bonds is 4. The summed E-state index contributed by atoms with van der Waals surface area (Å²) in [5.74, 6) is -0.396. The minimum atomic E-state index is -4.59. The van der Waals surface area contributed by atoms with Crippen molar-refractivity contribution >= 4 is 0 Å². The molecule has 18 heavy (non-hydrogen) atoms. The molecule has 1 atom stereocenters. The molecule has 7 heteroatoms. The third kappa shape index (κ3) is 2.85. The van der Waals surface area contributed by atoms with Crippen LogP contribution in [0.3, 0.4) is 0 Å². The molecule has 0 spiro atoms. The van der Waals surface area contributed by atoms with Crippen LogP contribution < -0.4 is 15.2 Å². The van der Waals surface area contributed by atoms with Crippen molar-refractivity contribution in [1.29, 1.82) is 0 Å². The van der Waals surface area contributed by atoms with E-state index in [2.05, 4.69) is 0 Å². The summed E-state index contributed by atoms with van der Waals surface area (Å²) in [4.78, 5) is 0. The van der Waals surface area contributed by atoms with E-state index >= 15 is 0 Å². The molecule has 1 aromatic carbocycles. The van der Waals surface area contributed by atoms with E-state index in [1.165, 1.54) is 13.2 Å². The van der Waals surface area contributed by atoms with Gasteiger partial charge in [0.05, 0.1) is 26.9 Å². The maximum Gasteiger partial charge on any atom is 0.420 e. The molecule has 0 bridgehead atoms. The highest BCUT2D eigenvalue weighted by Crippen LogP contribution is 2.42. The first kappa shape index (κ1) is 14.6. The topological polar surface area (TPSA) is 64.7 Å². The SMILES string of the molecule is COc1cc(C(N)CO)c(OC)c(C(F)(F)F)c1. The minimum absolute atomic E-state index is 0.00188. The molecule has 1 unspecified atom stereocenters. The van der Waals surface area contributed by atoms with Crippen LogP contribution in [0.4, 0.5) is 13.2 Å². The highest BCUT2D eigenvalue weighted by molar-refractivity contribution is 5.50. The maximum atomic E-state index is 12.9. The number of methoxy groups -OCH3 is 2. The van der Waals surface area contributed by atoms with E-state index in [4.69, 9.17) is 20.3 Å². The van der Waals surface area contributed by atoms with Gasteiger partial charge in [-0.3, -0.25) is 0 Å². The summed E-state index contributed by atoms with van der Waals surface area (Å²) in [5.41, 5.74) is 4.62. The molecule has 0 aliphatic carbocycles. The normalized spacial score (nSPS) is 13.3. The number of ether oxygens (including phenoxy) is 2. The van der Waals surface area contributed by atoms with Gasteiger partial charge < -0.3 is 20.3 Å².